The number of carbonyl (C=O) groups is 2. The summed E-state index contributed by atoms with van der Waals surface area (Å²) in [5, 5.41) is 25.3. The standard InChI is InChI=1S/C25H26N4O5/c1-33-20-13-17(12-19(25(31)32)22(20)34-2)21(24(30)28-14-15-6-4-3-5-7-15)29-18-10-8-16(9-11-18)23(26)27/h3-13,21,29H,14H2,1-2H3,(H3,26,27)(H,28,30)(H,31,32)/p-1. The summed E-state index contributed by atoms with van der Waals surface area (Å²) in [6.07, 6.45) is 0. The average Bonchev–Trinajstić information content (AvgIpc) is 2.85. The fourth-order valence-corrected chi connectivity index (χ4v) is 3.40. The third-order valence-corrected chi connectivity index (χ3v) is 5.13. The Kier molecular flexibility index (Phi) is 7.71. The molecule has 0 aliphatic rings. The van der Waals surface area contributed by atoms with E-state index in [0.29, 0.717) is 16.8 Å². The number of nitrogens with two attached hydrogens (primary N) is 1. The maximum absolute atomic E-state index is 13.3. The van der Waals surface area contributed by atoms with Gasteiger partial charge >= 0.3 is 0 Å². The second-order valence-corrected chi connectivity index (χ2v) is 7.36. The number of carbonyl (C=O) groups excluding carboxylic acids is 2. The lowest BCUT2D eigenvalue weighted by Gasteiger charge is -2.23. The number of nitrogen functional groups attached to an aromatic ring is 1. The van der Waals surface area contributed by atoms with Crippen molar-refractivity contribution >= 4 is 23.4 Å². The molecular formula is C25H25N4O5-. The number of carboxylic acids is 1. The Morgan fingerprint density at radius 1 is 1.03 bits per heavy atom. The smallest absolute Gasteiger partial charge is 0.247 e. The zero-order valence-electron chi connectivity index (χ0n) is 18.8. The molecule has 0 aromatic heterocycles. The number of carboxylic acid groups (broad SMARTS) is 1. The summed E-state index contributed by atoms with van der Waals surface area (Å²) >= 11 is 0. The van der Waals surface area contributed by atoms with Crippen molar-refractivity contribution in [3.8, 4) is 11.5 Å². The Labute approximate surface area is 197 Å². The largest absolute Gasteiger partial charge is 0.545 e. The molecule has 0 radical (unpaired) electrons. The Bertz CT molecular complexity index is 1180. The molecule has 0 saturated carbocycles. The molecule has 3 rings (SSSR count). The highest BCUT2D eigenvalue weighted by Gasteiger charge is 2.24. The first-order chi connectivity index (χ1) is 16.3. The molecule has 9 heteroatoms. The predicted molar refractivity (Wildman–Crippen MR) is 126 cm³/mol. The van der Waals surface area contributed by atoms with Crippen LogP contribution in [-0.2, 0) is 11.3 Å². The minimum atomic E-state index is -1.47. The van der Waals surface area contributed by atoms with Crippen LogP contribution in [0.3, 0.4) is 0 Å². The Balaban J connectivity index is 1.99. The maximum atomic E-state index is 13.3. The third-order valence-electron chi connectivity index (χ3n) is 5.13. The van der Waals surface area contributed by atoms with E-state index >= 15 is 0 Å². The van der Waals surface area contributed by atoms with E-state index in [1.807, 2.05) is 30.3 Å². The molecule has 3 aromatic carbocycles. The van der Waals surface area contributed by atoms with Crippen LogP contribution in [0.15, 0.2) is 66.7 Å². The van der Waals surface area contributed by atoms with Crippen molar-refractivity contribution in [2.75, 3.05) is 19.5 Å². The topological polar surface area (TPSA) is 150 Å². The molecule has 5 N–H and O–H groups in total. The lowest BCUT2D eigenvalue weighted by atomic mass is 10.0. The third kappa shape index (κ3) is 5.63. The lowest BCUT2D eigenvalue weighted by molar-refractivity contribution is -0.255. The van der Waals surface area contributed by atoms with Crippen molar-refractivity contribution in [2.45, 2.75) is 12.6 Å². The molecule has 176 valence electrons. The molecule has 0 aliphatic carbocycles. The fraction of sp³-hybridized carbons (Fsp3) is 0.160. The van der Waals surface area contributed by atoms with Crippen molar-refractivity contribution in [3.63, 3.8) is 0 Å². The van der Waals surface area contributed by atoms with Crippen LogP contribution in [-0.4, -0.2) is 31.9 Å². The normalized spacial score (nSPS) is 11.2. The summed E-state index contributed by atoms with van der Waals surface area (Å²) in [5.74, 6) is -1.79. The highest BCUT2D eigenvalue weighted by molar-refractivity contribution is 5.95. The quantitative estimate of drug-likeness (QED) is 0.266. The number of aromatic carboxylic acids is 1. The molecule has 0 fully saturated rings. The van der Waals surface area contributed by atoms with Gasteiger partial charge in [0, 0.05) is 23.4 Å². The Hall–Kier alpha value is -4.53. The number of amidine groups is 1. The monoisotopic (exact) mass is 461 g/mol. The zero-order chi connectivity index (χ0) is 24.7. The van der Waals surface area contributed by atoms with Gasteiger partial charge in [-0.1, -0.05) is 30.3 Å². The molecule has 0 saturated heterocycles. The lowest BCUT2D eigenvalue weighted by Crippen LogP contribution is -2.33. The van der Waals surface area contributed by atoms with Gasteiger partial charge in [-0.25, -0.2) is 0 Å². The zero-order valence-corrected chi connectivity index (χ0v) is 18.8. The molecule has 3 aromatic rings. The van der Waals surface area contributed by atoms with Crippen LogP contribution >= 0.6 is 0 Å². The van der Waals surface area contributed by atoms with Crippen LogP contribution in [0, 0.1) is 5.41 Å². The molecule has 1 amide bonds. The van der Waals surface area contributed by atoms with Gasteiger partial charge in [0.05, 0.1) is 20.2 Å². The minimum Gasteiger partial charge on any atom is -0.545 e. The average molecular weight is 461 g/mol. The van der Waals surface area contributed by atoms with Gasteiger partial charge in [0.2, 0.25) is 5.91 Å². The van der Waals surface area contributed by atoms with Crippen LogP contribution < -0.4 is 30.9 Å². The van der Waals surface area contributed by atoms with Gasteiger partial charge in [0.25, 0.3) is 0 Å². The van der Waals surface area contributed by atoms with Crippen LogP contribution in [0.25, 0.3) is 0 Å². The van der Waals surface area contributed by atoms with Gasteiger partial charge in [0.15, 0.2) is 11.5 Å². The van der Waals surface area contributed by atoms with E-state index in [4.69, 9.17) is 20.6 Å². The van der Waals surface area contributed by atoms with Crippen molar-refractivity contribution < 1.29 is 24.2 Å². The highest BCUT2D eigenvalue weighted by Crippen LogP contribution is 2.35. The summed E-state index contributed by atoms with van der Waals surface area (Å²) in [6, 6.07) is 17.9. The number of hydrogen-bond donors (Lipinski definition) is 4. The van der Waals surface area contributed by atoms with Crippen molar-refractivity contribution in [3.05, 3.63) is 89.0 Å². The second-order valence-electron chi connectivity index (χ2n) is 7.36. The molecule has 0 bridgehead atoms. The van der Waals surface area contributed by atoms with E-state index in [0.717, 1.165) is 5.56 Å². The van der Waals surface area contributed by atoms with E-state index < -0.39 is 17.9 Å². The number of benzene rings is 3. The minimum absolute atomic E-state index is 0.000467. The number of methoxy groups -OCH3 is 2. The summed E-state index contributed by atoms with van der Waals surface area (Å²) in [4.78, 5) is 25.0. The highest BCUT2D eigenvalue weighted by atomic mass is 16.5. The molecule has 1 unspecified atom stereocenters. The Morgan fingerprint density at radius 2 is 1.71 bits per heavy atom. The number of amides is 1. The van der Waals surface area contributed by atoms with Crippen molar-refractivity contribution in [1.29, 1.82) is 5.41 Å². The van der Waals surface area contributed by atoms with Gasteiger partial charge < -0.3 is 35.7 Å². The first kappa shape index (κ1) is 24.1. The van der Waals surface area contributed by atoms with Crippen LogP contribution in [0.2, 0.25) is 0 Å². The van der Waals surface area contributed by atoms with Gasteiger partial charge in [-0.15, -0.1) is 0 Å². The number of hydrogen-bond acceptors (Lipinski definition) is 7. The van der Waals surface area contributed by atoms with Crippen LogP contribution in [0.5, 0.6) is 11.5 Å². The van der Waals surface area contributed by atoms with Crippen molar-refractivity contribution in [1.82, 2.24) is 5.32 Å². The van der Waals surface area contributed by atoms with E-state index in [-0.39, 0.29) is 29.4 Å². The SMILES string of the molecule is COc1cc(C(Nc2ccc(C(=N)N)cc2)C(=O)NCc2ccccc2)cc(C(=O)[O-])c1OC. The van der Waals surface area contributed by atoms with Gasteiger partial charge in [-0.3, -0.25) is 10.2 Å². The fourth-order valence-electron chi connectivity index (χ4n) is 3.40. The van der Waals surface area contributed by atoms with Gasteiger partial charge in [-0.05, 0) is 47.5 Å². The molecule has 0 heterocycles. The summed E-state index contributed by atoms with van der Waals surface area (Å²) in [7, 11) is 2.70. The first-order valence-corrected chi connectivity index (χ1v) is 10.3. The van der Waals surface area contributed by atoms with E-state index in [1.165, 1.54) is 26.4 Å². The molecule has 9 nitrogen and oxygen atoms in total. The van der Waals surface area contributed by atoms with E-state index in [2.05, 4.69) is 10.6 Å². The van der Waals surface area contributed by atoms with Gasteiger partial charge in [0.1, 0.15) is 11.9 Å². The molecule has 1 atom stereocenters. The summed E-state index contributed by atoms with van der Waals surface area (Å²) in [6.45, 7) is 0.280. The van der Waals surface area contributed by atoms with E-state index in [9.17, 15) is 14.7 Å². The Morgan fingerprint density at radius 3 is 2.26 bits per heavy atom. The molecule has 0 aliphatic heterocycles. The number of ether oxygens (including phenoxy) is 2. The number of nitrogens with one attached hydrogen (secondary N) is 3. The number of rotatable bonds is 10. The number of anilines is 1. The summed E-state index contributed by atoms with van der Waals surface area (Å²) in [5.41, 5.74) is 7.60. The summed E-state index contributed by atoms with van der Waals surface area (Å²) < 4.78 is 10.5. The van der Waals surface area contributed by atoms with Crippen molar-refractivity contribution in [2.24, 2.45) is 5.73 Å². The van der Waals surface area contributed by atoms with Crippen LogP contribution in [0.1, 0.15) is 33.1 Å². The van der Waals surface area contributed by atoms with Gasteiger partial charge in [-0.2, -0.15) is 0 Å². The molecule has 34 heavy (non-hydrogen) atoms. The van der Waals surface area contributed by atoms with Crippen LogP contribution in [0.4, 0.5) is 5.69 Å². The van der Waals surface area contributed by atoms with E-state index in [1.54, 1.807) is 24.3 Å². The molecule has 0 spiro atoms. The maximum Gasteiger partial charge on any atom is 0.247 e. The molecular weight excluding hydrogens is 436 g/mol. The second kappa shape index (κ2) is 10.9. The predicted octanol–water partition coefficient (Wildman–Crippen LogP) is 1.82. The first-order valence-electron chi connectivity index (χ1n) is 10.3.